The SMILES string of the molecule is O=C(CCCc1ccc(Br)s1)NC1CCCCC1C(=O)O. The minimum atomic E-state index is -0.788. The molecule has 116 valence electrons. The van der Waals surface area contributed by atoms with Gasteiger partial charge in [-0.05, 0) is 53.7 Å². The number of rotatable bonds is 6. The molecule has 1 aromatic rings. The van der Waals surface area contributed by atoms with Crippen molar-refractivity contribution in [2.24, 2.45) is 5.92 Å². The molecule has 0 radical (unpaired) electrons. The highest BCUT2D eigenvalue weighted by Crippen LogP contribution is 2.25. The lowest BCUT2D eigenvalue weighted by atomic mass is 9.84. The van der Waals surface area contributed by atoms with Gasteiger partial charge in [-0.2, -0.15) is 0 Å². The van der Waals surface area contributed by atoms with Crippen molar-refractivity contribution >= 4 is 39.1 Å². The molecule has 1 aromatic heterocycles. The van der Waals surface area contributed by atoms with Gasteiger partial charge in [0.1, 0.15) is 0 Å². The van der Waals surface area contributed by atoms with Gasteiger partial charge < -0.3 is 10.4 Å². The van der Waals surface area contributed by atoms with Crippen molar-refractivity contribution in [3.8, 4) is 0 Å². The van der Waals surface area contributed by atoms with Crippen LogP contribution in [0.15, 0.2) is 15.9 Å². The van der Waals surface area contributed by atoms with E-state index in [1.165, 1.54) is 4.88 Å². The lowest BCUT2D eigenvalue weighted by molar-refractivity contribution is -0.144. The van der Waals surface area contributed by atoms with Crippen molar-refractivity contribution < 1.29 is 14.7 Å². The molecule has 2 rings (SSSR count). The molecule has 4 nitrogen and oxygen atoms in total. The Kier molecular flexibility index (Phi) is 6.23. The van der Waals surface area contributed by atoms with E-state index in [0.717, 1.165) is 35.9 Å². The minimum Gasteiger partial charge on any atom is -0.481 e. The fraction of sp³-hybridized carbons (Fsp3) is 0.600. The van der Waals surface area contributed by atoms with Gasteiger partial charge in [0.25, 0.3) is 0 Å². The Hall–Kier alpha value is -0.880. The topological polar surface area (TPSA) is 66.4 Å². The van der Waals surface area contributed by atoms with E-state index in [9.17, 15) is 14.7 Å². The smallest absolute Gasteiger partial charge is 0.308 e. The van der Waals surface area contributed by atoms with Crippen molar-refractivity contribution in [1.29, 1.82) is 0 Å². The highest BCUT2D eigenvalue weighted by atomic mass is 79.9. The molecule has 1 fully saturated rings. The van der Waals surface area contributed by atoms with Crippen LogP contribution in [0.4, 0.5) is 0 Å². The third-order valence-corrected chi connectivity index (χ3v) is 5.57. The maximum atomic E-state index is 12.0. The zero-order valence-corrected chi connectivity index (χ0v) is 14.2. The first-order valence-electron chi connectivity index (χ1n) is 7.32. The highest BCUT2D eigenvalue weighted by molar-refractivity contribution is 9.11. The predicted octanol–water partition coefficient (Wildman–Crippen LogP) is 3.59. The summed E-state index contributed by atoms with van der Waals surface area (Å²) in [5.74, 6) is -1.23. The van der Waals surface area contributed by atoms with Gasteiger partial charge in [-0.15, -0.1) is 11.3 Å². The average molecular weight is 374 g/mol. The van der Waals surface area contributed by atoms with Gasteiger partial charge in [-0.1, -0.05) is 12.8 Å². The number of aliphatic carboxylic acids is 1. The Bertz CT molecular complexity index is 503. The number of hydrogen-bond donors (Lipinski definition) is 2. The van der Waals surface area contributed by atoms with Crippen LogP contribution in [-0.2, 0) is 16.0 Å². The second-order valence-corrected chi connectivity index (χ2v) is 8.01. The molecule has 0 spiro atoms. The Morgan fingerprint density at radius 2 is 2.10 bits per heavy atom. The maximum absolute atomic E-state index is 12.0. The van der Waals surface area contributed by atoms with Gasteiger partial charge in [0.15, 0.2) is 0 Å². The molecule has 1 heterocycles. The fourth-order valence-corrected chi connectivity index (χ4v) is 4.31. The molecule has 0 saturated heterocycles. The molecule has 0 aliphatic heterocycles. The summed E-state index contributed by atoms with van der Waals surface area (Å²) in [7, 11) is 0. The Labute approximate surface area is 137 Å². The number of carbonyl (C=O) groups is 2. The van der Waals surface area contributed by atoms with Gasteiger partial charge in [0.2, 0.25) is 5.91 Å². The van der Waals surface area contributed by atoms with Crippen molar-refractivity contribution in [2.45, 2.75) is 51.0 Å². The molecular weight excluding hydrogens is 354 g/mol. The van der Waals surface area contributed by atoms with Gasteiger partial charge in [-0.3, -0.25) is 9.59 Å². The second kappa shape index (κ2) is 7.94. The van der Waals surface area contributed by atoms with Crippen LogP contribution in [0, 0.1) is 5.92 Å². The minimum absolute atomic E-state index is 0.0243. The van der Waals surface area contributed by atoms with Gasteiger partial charge >= 0.3 is 5.97 Å². The molecule has 1 amide bonds. The monoisotopic (exact) mass is 373 g/mol. The number of carboxylic acid groups (broad SMARTS) is 1. The largest absolute Gasteiger partial charge is 0.481 e. The average Bonchev–Trinajstić information content (AvgIpc) is 2.85. The normalized spacial score (nSPS) is 22.0. The molecule has 0 aromatic carbocycles. The van der Waals surface area contributed by atoms with Crippen molar-refractivity contribution in [2.75, 3.05) is 0 Å². The molecule has 2 atom stereocenters. The summed E-state index contributed by atoms with van der Waals surface area (Å²) in [6, 6.07) is 3.88. The lowest BCUT2D eigenvalue weighted by Gasteiger charge is -2.29. The van der Waals surface area contributed by atoms with Gasteiger partial charge in [-0.25, -0.2) is 0 Å². The first-order valence-corrected chi connectivity index (χ1v) is 8.93. The first-order chi connectivity index (χ1) is 10.1. The number of nitrogens with one attached hydrogen (secondary N) is 1. The second-order valence-electron chi connectivity index (χ2n) is 5.46. The zero-order valence-electron chi connectivity index (χ0n) is 11.8. The van der Waals surface area contributed by atoms with Crippen LogP contribution in [-0.4, -0.2) is 23.0 Å². The molecule has 0 bridgehead atoms. The number of amides is 1. The third-order valence-electron chi connectivity index (χ3n) is 3.89. The summed E-state index contributed by atoms with van der Waals surface area (Å²) in [5, 5.41) is 12.1. The van der Waals surface area contributed by atoms with Crippen LogP contribution in [0.2, 0.25) is 0 Å². The van der Waals surface area contributed by atoms with E-state index < -0.39 is 11.9 Å². The Morgan fingerprint density at radius 3 is 2.76 bits per heavy atom. The van der Waals surface area contributed by atoms with E-state index in [1.54, 1.807) is 11.3 Å². The Morgan fingerprint density at radius 1 is 1.33 bits per heavy atom. The summed E-state index contributed by atoms with van der Waals surface area (Å²) in [6.07, 6.45) is 5.52. The molecule has 1 saturated carbocycles. The fourth-order valence-electron chi connectivity index (χ4n) is 2.79. The first kappa shape index (κ1) is 16.5. The standard InChI is InChI=1S/C15H20BrNO3S/c16-13-9-8-10(21-13)4-3-7-14(18)17-12-6-2-1-5-11(12)15(19)20/h8-9,11-12H,1-7H2,(H,17,18)(H,19,20). The molecule has 1 aliphatic carbocycles. The van der Waals surface area contributed by atoms with Crippen LogP contribution in [0.1, 0.15) is 43.4 Å². The van der Waals surface area contributed by atoms with Crippen LogP contribution in [0.3, 0.4) is 0 Å². The maximum Gasteiger partial charge on any atom is 0.308 e. The third kappa shape index (κ3) is 5.11. The molecular formula is C15H20BrNO3S. The van der Waals surface area contributed by atoms with E-state index in [-0.39, 0.29) is 11.9 Å². The summed E-state index contributed by atoms with van der Waals surface area (Å²) < 4.78 is 1.11. The number of halogens is 1. The van der Waals surface area contributed by atoms with Gasteiger partial charge in [0.05, 0.1) is 9.70 Å². The summed E-state index contributed by atoms with van der Waals surface area (Å²) in [4.78, 5) is 24.4. The van der Waals surface area contributed by atoms with Crippen LogP contribution >= 0.6 is 27.3 Å². The van der Waals surface area contributed by atoms with E-state index in [4.69, 9.17) is 0 Å². The van der Waals surface area contributed by atoms with E-state index >= 15 is 0 Å². The lowest BCUT2D eigenvalue weighted by Crippen LogP contribution is -2.45. The van der Waals surface area contributed by atoms with Crippen molar-refractivity contribution in [3.63, 3.8) is 0 Å². The van der Waals surface area contributed by atoms with Crippen LogP contribution in [0.25, 0.3) is 0 Å². The molecule has 21 heavy (non-hydrogen) atoms. The van der Waals surface area contributed by atoms with Crippen molar-refractivity contribution in [1.82, 2.24) is 5.32 Å². The van der Waals surface area contributed by atoms with Crippen LogP contribution in [0.5, 0.6) is 0 Å². The highest BCUT2D eigenvalue weighted by Gasteiger charge is 2.31. The molecule has 2 unspecified atom stereocenters. The zero-order chi connectivity index (χ0) is 15.2. The van der Waals surface area contributed by atoms with E-state index in [2.05, 4.69) is 27.3 Å². The summed E-state index contributed by atoms with van der Waals surface area (Å²) in [5.41, 5.74) is 0. The molecule has 6 heteroatoms. The number of hydrogen-bond acceptors (Lipinski definition) is 3. The number of carboxylic acids is 1. The number of carbonyl (C=O) groups excluding carboxylic acids is 1. The van der Waals surface area contributed by atoms with E-state index in [0.29, 0.717) is 12.8 Å². The summed E-state index contributed by atoms with van der Waals surface area (Å²) in [6.45, 7) is 0. The molecule has 2 N–H and O–H groups in total. The summed E-state index contributed by atoms with van der Waals surface area (Å²) >= 11 is 5.11. The van der Waals surface area contributed by atoms with Crippen LogP contribution < -0.4 is 5.32 Å². The molecule has 1 aliphatic rings. The quantitative estimate of drug-likeness (QED) is 0.800. The van der Waals surface area contributed by atoms with Gasteiger partial charge in [0, 0.05) is 17.3 Å². The number of thiophene rings is 1. The number of aryl methyl sites for hydroxylation is 1. The van der Waals surface area contributed by atoms with Crippen molar-refractivity contribution in [3.05, 3.63) is 20.8 Å². The predicted molar refractivity (Wildman–Crippen MR) is 86.5 cm³/mol. The van der Waals surface area contributed by atoms with E-state index in [1.807, 2.05) is 6.07 Å². The Balaban J connectivity index is 1.74.